The van der Waals surface area contributed by atoms with Crippen LogP contribution in [0.4, 0.5) is 5.69 Å². The molecule has 4 heteroatoms. The van der Waals surface area contributed by atoms with Crippen LogP contribution < -0.4 is 4.90 Å². The Balaban J connectivity index is 2.31. The summed E-state index contributed by atoms with van der Waals surface area (Å²) in [6.45, 7) is 3.75. The largest absolute Gasteiger partial charge is 0.370 e. The maximum Gasteiger partial charge on any atom is 0.124 e. The minimum absolute atomic E-state index is 0.0998. The summed E-state index contributed by atoms with van der Waals surface area (Å²) >= 11 is 1.69. The average molecular weight is 274 g/mol. The lowest BCUT2D eigenvalue weighted by atomic mass is 9.98. The molecule has 1 fully saturated rings. The summed E-state index contributed by atoms with van der Waals surface area (Å²) in [7, 11) is 0. The summed E-state index contributed by atoms with van der Waals surface area (Å²) in [5, 5.41) is 9.42. The van der Waals surface area contributed by atoms with E-state index < -0.39 is 0 Å². The van der Waals surface area contributed by atoms with E-state index in [9.17, 15) is 10.1 Å². The van der Waals surface area contributed by atoms with Crippen LogP contribution in [0.15, 0.2) is 23.1 Å². The first-order valence-corrected chi connectivity index (χ1v) is 7.64. The van der Waals surface area contributed by atoms with Crippen LogP contribution in [-0.2, 0) is 4.79 Å². The summed E-state index contributed by atoms with van der Waals surface area (Å²) in [6.07, 6.45) is 3.02. The van der Waals surface area contributed by atoms with Crippen LogP contribution in [0.3, 0.4) is 0 Å². The normalized spacial score (nSPS) is 18.9. The Kier molecular flexibility index (Phi) is 4.86. The second kappa shape index (κ2) is 6.63. The van der Waals surface area contributed by atoms with Crippen LogP contribution in [0.25, 0.3) is 0 Å². The molecule has 19 heavy (non-hydrogen) atoms. The molecule has 1 saturated heterocycles. The minimum Gasteiger partial charge on any atom is -0.370 e. The second-order valence-electron chi connectivity index (χ2n) is 4.68. The van der Waals surface area contributed by atoms with Crippen molar-refractivity contribution in [2.75, 3.05) is 23.7 Å². The maximum atomic E-state index is 11.0. The lowest BCUT2D eigenvalue weighted by Gasteiger charge is -2.33. The number of rotatable bonds is 4. The van der Waals surface area contributed by atoms with Crippen molar-refractivity contribution >= 4 is 23.7 Å². The quantitative estimate of drug-likeness (QED) is 0.625. The average Bonchev–Trinajstić information content (AvgIpc) is 2.47. The van der Waals surface area contributed by atoms with Crippen molar-refractivity contribution in [2.24, 2.45) is 5.92 Å². The van der Waals surface area contributed by atoms with Gasteiger partial charge in [0.2, 0.25) is 0 Å². The number of nitriles is 1. The van der Waals surface area contributed by atoms with Crippen molar-refractivity contribution in [3.05, 3.63) is 23.8 Å². The van der Waals surface area contributed by atoms with E-state index in [2.05, 4.69) is 17.9 Å². The van der Waals surface area contributed by atoms with Gasteiger partial charge < -0.3 is 9.69 Å². The van der Waals surface area contributed by atoms with E-state index >= 15 is 0 Å². The van der Waals surface area contributed by atoms with Crippen LogP contribution in [0.5, 0.6) is 0 Å². The van der Waals surface area contributed by atoms with Crippen molar-refractivity contribution in [2.45, 2.75) is 24.7 Å². The molecule has 2 rings (SSSR count). The molecule has 1 aliphatic heterocycles. The van der Waals surface area contributed by atoms with Crippen molar-refractivity contribution in [3.8, 4) is 6.07 Å². The third-order valence-corrected chi connectivity index (χ3v) is 4.35. The van der Waals surface area contributed by atoms with Gasteiger partial charge in [0, 0.05) is 23.9 Å². The van der Waals surface area contributed by atoms with Gasteiger partial charge in [0.25, 0.3) is 0 Å². The third kappa shape index (κ3) is 3.10. The summed E-state index contributed by atoms with van der Waals surface area (Å²) in [5.41, 5.74) is 1.73. The van der Waals surface area contributed by atoms with Gasteiger partial charge in [-0.3, -0.25) is 0 Å². The highest BCUT2D eigenvalue weighted by Crippen LogP contribution is 2.32. The van der Waals surface area contributed by atoms with Crippen LogP contribution >= 0.6 is 11.8 Å². The smallest absolute Gasteiger partial charge is 0.124 e. The molecule has 0 aliphatic carbocycles. The third-order valence-electron chi connectivity index (χ3n) is 3.41. The molecule has 1 aromatic rings. The van der Waals surface area contributed by atoms with Gasteiger partial charge in [-0.1, -0.05) is 13.0 Å². The van der Waals surface area contributed by atoms with E-state index in [1.165, 1.54) is 0 Å². The van der Waals surface area contributed by atoms with Crippen LogP contribution in [0.2, 0.25) is 0 Å². The Bertz CT molecular complexity index is 495. The molecule has 0 radical (unpaired) electrons. The molecule has 1 aliphatic rings. The molecule has 3 nitrogen and oxygen atoms in total. The molecule has 1 heterocycles. The first-order valence-electron chi connectivity index (χ1n) is 6.66. The zero-order chi connectivity index (χ0) is 13.7. The predicted molar refractivity (Wildman–Crippen MR) is 78.6 cm³/mol. The molecule has 0 N–H and O–H groups in total. The summed E-state index contributed by atoms with van der Waals surface area (Å²) < 4.78 is 0. The highest BCUT2D eigenvalue weighted by molar-refractivity contribution is 7.99. The van der Waals surface area contributed by atoms with E-state index in [1.54, 1.807) is 11.8 Å². The first-order chi connectivity index (χ1) is 9.30. The Morgan fingerprint density at radius 3 is 3.11 bits per heavy atom. The number of nitrogens with zero attached hydrogens (tertiary/aromatic N) is 2. The van der Waals surface area contributed by atoms with Gasteiger partial charge in [0.1, 0.15) is 12.4 Å². The number of benzene rings is 1. The fourth-order valence-electron chi connectivity index (χ4n) is 2.51. The zero-order valence-electron chi connectivity index (χ0n) is 11.1. The minimum atomic E-state index is 0.0998. The van der Waals surface area contributed by atoms with E-state index in [0.29, 0.717) is 0 Å². The fourth-order valence-corrected chi connectivity index (χ4v) is 3.29. The highest BCUT2D eigenvalue weighted by atomic mass is 32.2. The molecule has 1 atom stereocenters. The van der Waals surface area contributed by atoms with Crippen LogP contribution in [0, 0.1) is 17.2 Å². The molecule has 0 aromatic heterocycles. The van der Waals surface area contributed by atoms with Crippen LogP contribution in [0.1, 0.15) is 25.3 Å². The first kappa shape index (κ1) is 14.0. The summed E-state index contributed by atoms with van der Waals surface area (Å²) in [5.74, 6) is 1.05. The Morgan fingerprint density at radius 1 is 1.58 bits per heavy atom. The number of hydrogen-bond donors (Lipinski definition) is 0. The van der Waals surface area contributed by atoms with Gasteiger partial charge in [-0.15, -0.1) is 11.8 Å². The van der Waals surface area contributed by atoms with Gasteiger partial charge in [-0.25, -0.2) is 0 Å². The molecule has 0 spiro atoms. The topological polar surface area (TPSA) is 44.1 Å². The number of aldehydes is 1. The molecule has 1 unspecified atom stereocenters. The number of hydrogen-bond acceptors (Lipinski definition) is 4. The Hall–Kier alpha value is -1.47. The lowest BCUT2D eigenvalue weighted by molar-refractivity contribution is -0.111. The molecule has 100 valence electrons. The maximum absolute atomic E-state index is 11.0. The Labute approximate surface area is 118 Å². The van der Waals surface area contributed by atoms with E-state index in [4.69, 9.17) is 0 Å². The summed E-state index contributed by atoms with van der Waals surface area (Å²) in [4.78, 5) is 14.2. The van der Waals surface area contributed by atoms with Crippen LogP contribution in [-0.4, -0.2) is 25.1 Å². The van der Waals surface area contributed by atoms with E-state index in [1.807, 2.05) is 18.2 Å². The SMILES string of the molecule is CCSc1cccc(N2CCCC(C=O)C2)c1C#N. The standard InChI is InChI=1S/C15H18N2OS/c1-2-19-15-7-3-6-14(13(15)9-16)17-8-4-5-12(10-17)11-18/h3,6-7,11-12H,2,4-5,8,10H2,1H3. The second-order valence-corrected chi connectivity index (χ2v) is 5.99. The Morgan fingerprint density at radius 2 is 2.42 bits per heavy atom. The molecule has 0 saturated carbocycles. The lowest BCUT2D eigenvalue weighted by Crippen LogP contribution is -2.36. The highest BCUT2D eigenvalue weighted by Gasteiger charge is 2.22. The monoisotopic (exact) mass is 274 g/mol. The van der Waals surface area contributed by atoms with Gasteiger partial charge >= 0.3 is 0 Å². The van der Waals surface area contributed by atoms with Crippen molar-refractivity contribution in [1.82, 2.24) is 0 Å². The molecule has 0 bridgehead atoms. The molecule has 1 aromatic carbocycles. The number of piperidine rings is 1. The number of carbonyl (C=O) groups excluding carboxylic acids is 1. The van der Waals surface area contributed by atoms with E-state index in [0.717, 1.165) is 54.1 Å². The fraction of sp³-hybridized carbons (Fsp3) is 0.467. The number of thioether (sulfide) groups is 1. The predicted octanol–water partition coefficient (Wildman–Crippen LogP) is 3.09. The number of carbonyl (C=O) groups is 1. The van der Waals surface area contributed by atoms with Crippen molar-refractivity contribution in [1.29, 1.82) is 5.26 Å². The van der Waals surface area contributed by atoms with Gasteiger partial charge in [-0.05, 0) is 30.7 Å². The van der Waals surface area contributed by atoms with Crippen molar-refractivity contribution in [3.63, 3.8) is 0 Å². The zero-order valence-corrected chi connectivity index (χ0v) is 11.9. The summed E-state index contributed by atoms with van der Waals surface area (Å²) in [6, 6.07) is 8.32. The van der Waals surface area contributed by atoms with Gasteiger partial charge in [0.05, 0.1) is 11.3 Å². The van der Waals surface area contributed by atoms with Gasteiger partial charge in [-0.2, -0.15) is 5.26 Å². The van der Waals surface area contributed by atoms with E-state index in [-0.39, 0.29) is 5.92 Å². The molecular formula is C15H18N2OS. The number of anilines is 1. The molecule has 0 amide bonds. The van der Waals surface area contributed by atoms with Crippen molar-refractivity contribution < 1.29 is 4.79 Å². The van der Waals surface area contributed by atoms with Gasteiger partial charge in [0.15, 0.2) is 0 Å². The molecular weight excluding hydrogens is 256 g/mol.